The summed E-state index contributed by atoms with van der Waals surface area (Å²) in [5.74, 6) is 0. The number of benzene rings is 1. The average Bonchev–Trinajstić information content (AvgIpc) is 2.85. The first-order valence-electron chi connectivity index (χ1n) is 7.60. The highest BCUT2D eigenvalue weighted by Gasteiger charge is 2.33. The summed E-state index contributed by atoms with van der Waals surface area (Å²) in [4.78, 5) is 0. The van der Waals surface area contributed by atoms with E-state index < -0.39 is 0 Å². The van der Waals surface area contributed by atoms with Crippen molar-refractivity contribution in [2.75, 3.05) is 6.54 Å². The third kappa shape index (κ3) is 2.74. The van der Waals surface area contributed by atoms with Crippen LogP contribution >= 0.6 is 0 Å². The van der Waals surface area contributed by atoms with E-state index in [-0.39, 0.29) is 11.6 Å². The molecule has 1 saturated carbocycles. The number of nitrogens with one attached hydrogen (secondary N) is 1. The van der Waals surface area contributed by atoms with Crippen LogP contribution < -0.4 is 5.32 Å². The predicted molar refractivity (Wildman–Crippen MR) is 80.7 cm³/mol. The van der Waals surface area contributed by atoms with E-state index in [1.165, 1.54) is 17.4 Å². The molecular weight excluding hydrogens is 250 g/mol. The van der Waals surface area contributed by atoms with Gasteiger partial charge in [0.1, 0.15) is 5.58 Å². The monoisotopic (exact) mass is 273 g/mol. The van der Waals surface area contributed by atoms with Crippen molar-refractivity contribution >= 4 is 11.0 Å². The van der Waals surface area contributed by atoms with E-state index in [1.54, 1.807) is 0 Å². The van der Waals surface area contributed by atoms with E-state index in [9.17, 15) is 5.11 Å². The molecule has 2 aromatic rings. The van der Waals surface area contributed by atoms with Gasteiger partial charge < -0.3 is 14.8 Å². The lowest BCUT2D eigenvalue weighted by Gasteiger charge is -2.36. The van der Waals surface area contributed by atoms with Gasteiger partial charge in [-0.2, -0.15) is 0 Å². The van der Waals surface area contributed by atoms with Crippen LogP contribution in [0.25, 0.3) is 11.0 Å². The van der Waals surface area contributed by atoms with E-state index in [0.29, 0.717) is 0 Å². The van der Waals surface area contributed by atoms with Crippen LogP contribution in [0.4, 0.5) is 0 Å². The zero-order chi connectivity index (χ0) is 14.0. The van der Waals surface area contributed by atoms with Gasteiger partial charge in [-0.3, -0.25) is 0 Å². The molecular formula is C17H23NO2. The summed E-state index contributed by atoms with van der Waals surface area (Å²) in [5.41, 5.74) is 1.80. The third-order valence-electron chi connectivity index (χ3n) is 4.53. The van der Waals surface area contributed by atoms with Crippen molar-refractivity contribution in [3.8, 4) is 0 Å². The van der Waals surface area contributed by atoms with E-state index in [2.05, 4.69) is 18.3 Å². The first-order chi connectivity index (χ1) is 9.68. The summed E-state index contributed by atoms with van der Waals surface area (Å²) >= 11 is 0. The maximum atomic E-state index is 10.1. The Kier molecular flexibility index (Phi) is 3.81. The first-order valence-corrected chi connectivity index (χ1v) is 7.60. The molecule has 3 rings (SSSR count). The molecule has 3 heteroatoms. The van der Waals surface area contributed by atoms with Crippen LogP contribution in [0.3, 0.4) is 0 Å². The van der Waals surface area contributed by atoms with Crippen LogP contribution in [0, 0.1) is 0 Å². The minimum absolute atomic E-state index is 0.273. The van der Waals surface area contributed by atoms with Crippen LogP contribution in [-0.4, -0.2) is 17.3 Å². The molecule has 1 fully saturated rings. The lowest BCUT2D eigenvalue weighted by molar-refractivity contribution is -0.0414. The second kappa shape index (κ2) is 5.58. The van der Waals surface area contributed by atoms with Gasteiger partial charge in [0, 0.05) is 17.0 Å². The third-order valence-corrected chi connectivity index (χ3v) is 4.53. The number of para-hydroxylation sites is 1. The fourth-order valence-corrected chi connectivity index (χ4v) is 3.01. The maximum Gasteiger partial charge on any atom is 0.134 e. The molecule has 1 aromatic heterocycles. The van der Waals surface area contributed by atoms with Gasteiger partial charge in [-0.25, -0.2) is 0 Å². The molecule has 1 unspecified atom stereocenters. The molecule has 0 radical (unpaired) electrons. The molecule has 0 amide bonds. The highest BCUT2D eigenvalue weighted by molar-refractivity contribution is 5.81. The number of furan rings is 1. The molecule has 0 aliphatic heterocycles. The Labute approximate surface area is 120 Å². The summed E-state index contributed by atoms with van der Waals surface area (Å²) in [6.45, 7) is 3.10. The van der Waals surface area contributed by atoms with Crippen molar-refractivity contribution in [2.45, 2.75) is 50.7 Å². The van der Waals surface area contributed by atoms with Gasteiger partial charge in [-0.15, -0.1) is 0 Å². The standard InChI is InChI=1S/C17H23NO2/c1-13(18-11-5-10-17(19)8-4-9-17)15-12-20-16-7-3-2-6-14(15)16/h2-3,6-7,12-13,18-19H,4-5,8-11H2,1H3. The van der Waals surface area contributed by atoms with Gasteiger partial charge in [0.15, 0.2) is 0 Å². The van der Waals surface area contributed by atoms with Gasteiger partial charge >= 0.3 is 0 Å². The predicted octanol–water partition coefficient (Wildman–Crippen LogP) is 3.78. The van der Waals surface area contributed by atoms with Gasteiger partial charge in [-0.05, 0) is 51.6 Å². The van der Waals surface area contributed by atoms with Crippen molar-refractivity contribution < 1.29 is 9.52 Å². The van der Waals surface area contributed by atoms with Crippen molar-refractivity contribution in [1.29, 1.82) is 0 Å². The topological polar surface area (TPSA) is 45.4 Å². The van der Waals surface area contributed by atoms with E-state index in [1.807, 2.05) is 24.5 Å². The Morgan fingerprint density at radius 2 is 2.15 bits per heavy atom. The van der Waals surface area contributed by atoms with Crippen LogP contribution in [0.15, 0.2) is 34.9 Å². The number of hydrogen-bond donors (Lipinski definition) is 2. The summed E-state index contributed by atoms with van der Waals surface area (Å²) in [6.07, 6.45) is 6.93. The van der Waals surface area contributed by atoms with E-state index in [0.717, 1.165) is 37.8 Å². The molecule has 1 atom stereocenters. The Morgan fingerprint density at radius 3 is 2.90 bits per heavy atom. The normalized spacial score (nSPS) is 18.9. The molecule has 108 valence electrons. The Bertz CT molecular complexity index is 571. The van der Waals surface area contributed by atoms with Gasteiger partial charge in [0.25, 0.3) is 0 Å². The molecule has 1 aliphatic carbocycles. The largest absolute Gasteiger partial charge is 0.464 e. The number of hydrogen-bond acceptors (Lipinski definition) is 3. The lowest BCUT2D eigenvalue weighted by Crippen LogP contribution is -2.37. The van der Waals surface area contributed by atoms with Crippen LogP contribution in [0.5, 0.6) is 0 Å². The second-order valence-electron chi connectivity index (χ2n) is 6.04. The first kappa shape index (κ1) is 13.7. The van der Waals surface area contributed by atoms with Crippen molar-refractivity contribution in [3.05, 3.63) is 36.1 Å². The SMILES string of the molecule is CC(NCCCC1(O)CCC1)c1coc2ccccc12. The molecule has 1 aliphatic rings. The molecule has 2 N–H and O–H groups in total. The molecule has 0 spiro atoms. The number of aliphatic hydroxyl groups is 1. The van der Waals surface area contributed by atoms with Crippen LogP contribution in [0.1, 0.15) is 50.6 Å². The smallest absolute Gasteiger partial charge is 0.134 e. The van der Waals surface area contributed by atoms with Crippen molar-refractivity contribution in [2.24, 2.45) is 0 Å². The molecule has 3 nitrogen and oxygen atoms in total. The minimum Gasteiger partial charge on any atom is -0.464 e. The van der Waals surface area contributed by atoms with Gasteiger partial charge in [0.05, 0.1) is 11.9 Å². The maximum absolute atomic E-state index is 10.1. The fraction of sp³-hybridized carbons (Fsp3) is 0.529. The van der Waals surface area contributed by atoms with E-state index >= 15 is 0 Å². The quantitative estimate of drug-likeness (QED) is 0.787. The molecule has 1 heterocycles. The molecule has 0 saturated heterocycles. The van der Waals surface area contributed by atoms with Gasteiger partial charge in [-0.1, -0.05) is 18.2 Å². The fourth-order valence-electron chi connectivity index (χ4n) is 3.01. The lowest BCUT2D eigenvalue weighted by atomic mass is 9.77. The zero-order valence-electron chi connectivity index (χ0n) is 12.1. The summed E-state index contributed by atoms with van der Waals surface area (Å²) in [5, 5.41) is 14.8. The highest BCUT2D eigenvalue weighted by Crippen LogP contribution is 2.35. The number of rotatable bonds is 6. The minimum atomic E-state index is -0.354. The van der Waals surface area contributed by atoms with Crippen LogP contribution in [0.2, 0.25) is 0 Å². The Hall–Kier alpha value is -1.32. The van der Waals surface area contributed by atoms with E-state index in [4.69, 9.17) is 4.42 Å². The average molecular weight is 273 g/mol. The van der Waals surface area contributed by atoms with Gasteiger partial charge in [0.2, 0.25) is 0 Å². The highest BCUT2D eigenvalue weighted by atomic mass is 16.3. The number of fused-ring (bicyclic) bond motifs is 1. The molecule has 1 aromatic carbocycles. The van der Waals surface area contributed by atoms with Crippen LogP contribution in [-0.2, 0) is 0 Å². The molecule has 0 bridgehead atoms. The Morgan fingerprint density at radius 1 is 1.35 bits per heavy atom. The van der Waals surface area contributed by atoms with Crippen molar-refractivity contribution in [3.63, 3.8) is 0 Å². The molecule has 20 heavy (non-hydrogen) atoms. The second-order valence-corrected chi connectivity index (χ2v) is 6.04. The summed E-state index contributed by atoms with van der Waals surface area (Å²) < 4.78 is 5.58. The Balaban J connectivity index is 1.52. The zero-order valence-corrected chi connectivity index (χ0v) is 12.1. The van der Waals surface area contributed by atoms with Crippen molar-refractivity contribution in [1.82, 2.24) is 5.32 Å². The summed E-state index contributed by atoms with van der Waals surface area (Å²) in [7, 11) is 0. The summed E-state index contributed by atoms with van der Waals surface area (Å²) in [6, 6.07) is 8.41.